The number of rotatable bonds is 3. The van der Waals surface area contributed by atoms with Crippen molar-refractivity contribution in [3.63, 3.8) is 0 Å². The monoisotopic (exact) mass is 203 g/mol. The minimum Gasteiger partial charge on any atom is -0.508 e. The number of phenolic OH excluding ortho intramolecular Hbond substituents is 1. The molecule has 1 aromatic heterocycles. The van der Waals surface area contributed by atoms with E-state index in [2.05, 4.69) is 9.97 Å². The Morgan fingerprint density at radius 3 is 3.00 bits per heavy atom. The maximum Gasteiger partial charge on any atom is 0.116 e. The summed E-state index contributed by atoms with van der Waals surface area (Å²) >= 11 is 0. The van der Waals surface area contributed by atoms with Gasteiger partial charge in [-0.2, -0.15) is 0 Å². The summed E-state index contributed by atoms with van der Waals surface area (Å²) in [5.74, 6) is 1.12. The molecule has 2 rings (SSSR count). The Bertz CT molecular complexity index is 451. The molecule has 1 heterocycles. The van der Waals surface area contributed by atoms with Crippen LogP contribution < -0.4 is 5.73 Å². The third-order valence-electron chi connectivity index (χ3n) is 2.17. The van der Waals surface area contributed by atoms with Crippen LogP contribution in [-0.2, 0) is 6.42 Å². The van der Waals surface area contributed by atoms with Gasteiger partial charge in [-0.1, -0.05) is 12.1 Å². The fourth-order valence-electron chi connectivity index (χ4n) is 1.45. The topological polar surface area (TPSA) is 74.9 Å². The summed E-state index contributed by atoms with van der Waals surface area (Å²) in [6.07, 6.45) is 2.48. The number of nitrogens with two attached hydrogens (primary N) is 1. The van der Waals surface area contributed by atoms with E-state index in [1.54, 1.807) is 24.4 Å². The first-order valence-electron chi connectivity index (χ1n) is 4.83. The molecular formula is C11H13N3O. The Labute approximate surface area is 87.8 Å². The lowest BCUT2D eigenvalue weighted by molar-refractivity contribution is 0.475. The van der Waals surface area contributed by atoms with E-state index in [-0.39, 0.29) is 5.75 Å². The zero-order valence-electron chi connectivity index (χ0n) is 8.27. The number of benzene rings is 1. The van der Waals surface area contributed by atoms with Gasteiger partial charge in [-0.25, -0.2) is 4.98 Å². The summed E-state index contributed by atoms with van der Waals surface area (Å²) < 4.78 is 0. The Morgan fingerprint density at radius 1 is 1.40 bits per heavy atom. The third-order valence-corrected chi connectivity index (χ3v) is 2.17. The molecule has 1 aromatic carbocycles. The summed E-state index contributed by atoms with van der Waals surface area (Å²) in [6, 6.07) is 7.05. The van der Waals surface area contributed by atoms with Crippen LogP contribution in [0, 0.1) is 0 Å². The Morgan fingerprint density at radius 2 is 2.27 bits per heavy atom. The molecule has 4 nitrogen and oxygen atoms in total. The van der Waals surface area contributed by atoms with E-state index in [0.717, 1.165) is 23.5 Å². The van der Waals surface area contributed by atoms with Crippen molar-refractivity contribution in [3.05, 3.63) is 36.3 Å². The average Bonchev–Trinajstić information content (AvgIpc) is 2.67. The van der Waals surface area contributed by atoms with E-state index >= 15 is 0 Å². The molecule has 0 bridgehead atoms. The predicted octanol–water partition coefficient (Wildman–Crippen LogP) is 1.28. The molecule has 0 spiro atoms. The van der Waals surface area contributed by atoms with Crippen molar-refractivity contribution in [1.82, 2.24) is 9.97 Å². The van der Waals surface area contributed by atoms with Gasteiger partial charge >= 0.3 is 0 Å². The van der Waals surface area contributed by atoms with Crippen LogP contribution >= 0.6 is 0 Å². The molecule has 4 heteroatoms. The van der Waals surface area contributed by atoms with Crippen LogP contribution in [0.15, 0.2) is 30.5 Å². The number of nitrogens with zero attached hydrogens (tertiary/aromatic N) is 1. The highest BCUT2D eigenvalue weighted by atomic mass is 16.3. The first-order valence-corrected chi connectivity index (χ1v) is 4.83. The summed E-state index contributed by atoms with van der Waals surface area (Å²) in [4.78, 5) is 7.35. The smallest absolute Gasteiger partial charge is 0.116 e. The summed E-state index contributed by atoms with van der Waals surface area (Å²) in [5.41, 5.74) is 7.25. The number of nitrogens with one attached hydrogen (secondary N) is 1. The van der Waals surface area contributed by atoms with Crippen molar-refractivity contribution >= 4 is 0 Å². The van der Waals surface area contributed by atoms with E-state index in [1.165, 1.54) is 0 Å². The number of phenols is 1. The van der Waals surface area contributed by atoms with Crippen molar-refractivity contribution in [2.45, 2.75) is 6.42 Å². The zero-order valence-corrected chi connectivity index (χ0v) is 8.27. The van der Waals surface area contributed by atoms with Gasteiger partial charge in [-0.15, -0.1) is 0 Å². The molecule has 0 saturated carbocycles. The SMILES string of the molecule is NCCc1ncc(-c2cccc(O)c2)[nH]1. The van der Waals surface area contributed by atoms with Crippen LogP contribution in [0.4, 0.5) is 0 Å². The minimum atomic E-state index is 0.252. The number of aromatic hydroxyl groups is 1. The van der Waals surface area contributed by atoms with E-state index in [4.69, 9.17) is 5.73 Å². The lowest BCUT2D eigenvalue weighted by Gasteiger charge is -1.97. The summed E-state index contributed by atoms with van der Waals surface area (Å²) in [7, 11) is 0. The highest BCUT2D eigenvalue weighted by Crippen LogP contribution is 2.21. The quantitative estimate of drug-likeness (QED) is 0.703. The van der Waals surface area contributed by atoms with Gasteiger partial charge in [0, 0.05) is 12.0 Å². The zero-order chi connectivity index (χ0) is 10.7. The van der Waals surface area contributed by atoms with Gasteiger partial charge in [0.25, 0.3) is 0 Å². The molecule has 0 amide bonds. The van der Waals surface area contributed by atoms with Gasteiger partial charge in [0.15, 0.2) is 0 Å². The summed E-state index contributed by atoms with van der Waals surface area (Å²) in [6.45, 7) is 0.576. The largest absolute Gasteiger partial charge is 0.508 e. The van der Waals surface area contributed by atoms with Gasteiger partial charge in [-0.3, -0.25) is 0 Å². The number of H-pyrrole nitrogens is 1. The second-order valence-electron chi connectivity index (χ2n) is 3.33. The number of aromatic amines is 1. The molecular weight excluding hydrogens is 190 g/mol. The second kappa shape index (κ2) is 4.14. The predicted molar refractivity (Wildman–Crippen MR) is 58.4 cm³/mol. The van der Waals surface area contributed by atoms with Gasteiger partial charge < -0.3 is 15.8 Å². The van der Waals surface area contributed by atoms with Crippen molar-refractivity contribution in [1.29, 1.82) is 0 Å². The molecule has 0 saturated heterocycles. The fraction of sp³-hybridized carbons (Fsp3) is 0.182. The number of hydrogen-bond donors (Lipinski definition) is 3. The molecule has 0 aliphatic heterocycles. The highest BCUT2D eigenvalue weighted by Gasteiger charge is 2.02. The van der Waals surface area contributed by atoms with Crippen LogP contribution in [0.25, 0.3) is 11.3 Å². The lowest BCUT2D eigenvalue weighted by Crippen LogP contribution is -2.03. The van der Waals surface area contributed by atoms with Crippen LogP contribution in [0.2, 0.25) is 0 Å². The molecule has 0 aliphatic rings. The van der Waals surface area contributed by atoms with Gasteiger partial charge in [0.2, 0.25) is 0 Å². The van der Waals surface area contributed by atoms with Gasteiger partial charge in [-0.05, 0) is 18.7 Å². The van der Waals surface area contributed by atoms with Gasteiger partial charge in [0.05, 0.1) is 11.9 Å². The second-order valence-corrected chi connectivity index (χ2v) is 3.33. The van der Waals surface area contributed by atoms with Gasteiger partial charge in [0.1, 0.15) is 11.6 Å². The molecule has 15 heavy (non-hydrogen) atoms. The summed E-state index contributed by atoms with van der Waals surface area (Å²) in [5, 5.41) is 9.33. The molecule has 0 unspecified atom stereocenters. The first kappa shape index (κ1) is 9.73. The average molecular weight is 203 g/mol. The molecule has 0 aliphatic carbocycles. The standard InChI is InChI=1S/C11H13N3O/c12-5-4-11-13-7-10(14-11)8-2-1-3-9(15)6-8/h1-3,6-7,15H,4-5,12H2,(H,13,14). The van der Waals surface area contributed by atoms with Crippen LogP contribution in [0.5, 0.6) is 5.75 Å². The lowest BCUT2D eigenvalue weighted by atomic mass is 10.1. The molecule has 4 N–H and O–H groups in total. The normalized spacial score (nSPS) is 10.5. The Balaban J connectivity index is 2.29. The fourth-order valence-corrected chi connectivity index (χ4v) is 1.45. The third kappa shape index (κ3) is 2.16. The van der Waals surface area contributed by atoms with Crippen molar-refractivity contribution < 1.29 is 5.11 Å². The maximum atomic E-state index is 9.33. The number of hydrogen-bond acceptors (Lipinski definition) is 3. The molecule has 0 radical (unpaired) electrons. The van der Waals surface area contributed by atoms with E-state index in [0.29, 0.717) is 6.54 Å². The van der Waals surface area contributed by atoms with Crippen molar-refractivity contribution in [2.75, 3.05) is 6.54 Å². The minimum absolute atomic E-state index is 0.252. The van der Waals surface area contributed by atoms with E-state index in [9.17, 15) is 5.11 Å². The van der Waals surface area contributed by atoms with Crippen LogP contribution in [0.3, 0.4) is 0 Å². The molecule has 2 aromatic rings. The first-order chi connectivity index (χ1) is 7.29. The number of aromatic nitrogens is 2. The van der Waals surface area contributed by atoms with E-state index < -0.39 is 0 Å². The van der Waals surface area contributed by atoms with E-state index in [1.807, 2.05) is 6.07 Å². The Hall–Kier alpha value is -1.81. The molecule has 0 fully saturated rings. The highest BCUT2D eigenvalue weighted by molar-refractivity contribution is 5.60. The van der Waals surface area contributed by atoms with Crippen molar-refractivity contribution in [3.8, 4) is 17.0 Å². The number of imidazole rings is 1. The maximum absolute atomic E-state index is 9.33. The van der Waals surface area contributed by atoms with Crippen LogP contribution in [-0.4, -0.2) is 21.6 Å². The molecule has 78 valence electrons. The Kier molecular flexibility index (Phi) is 2.69. The van der Waals surface area contributed by atoms with Crippen molar-refractivity contribution in [2.24, 2.45) is 5.73 Å². The molecule has 0 atom stereocenters. The van der Waals surface area contributed by atoms with Crippen LogP contribution in [0.1, 0.15) is 5.82 Å².